The van der Waals surface area contributed by atoms with Crippen LogP contribution < -0.4 is 5.32 Å². The number of hydrogen-bond acceptors (Lipinski definition) is 4. The van der Waals surface area contributed by atoms with Crippen LogP contribution in [0.1, 0.15) is 19.7 Å². The number of aromatic amines is 1. The highest BCUT2D eigenvalue weighted by Gasteiger charge is 2.20. The summed E-state index contributed by atoms with van der Waals surface area (Å²) in [6, 6.07) is 10.8. The van der Waals surface area contributed by atoms with E-state index in [4.69, 9.17) is 0 Å². The van der Waals surface area contributed by atoms with Crippen molar-refractivity contribution < 1.29 is 0 Å². The highest BCUT2D eigenvalue weighted by Crippen LogP contribution is 2.16. The summed E-state index contributed by atoms with van der Waals surface area (Å²) in [5.41, 5.74) is 2.19. The van der Waals surface area contributed by atoms with E-state index in [0.717, 1.165) is 62.3 Å². The number of piperazine rings is 1. The van der Waals surface area contributed by atoms with Crippen LogP contribution in [0, 0.1) is 0 Å². The minimum absolute atomic E-state index is 0.479. The number of nitrogens with zero attached hydrogens (tertiary/aromatic N) is 5. The number of benzene rings is 1. The van der Waals surface area contributed by atoms with Gasteiger partial charge in [-0.2, -0.15) is 0 Å². The SMILES string of the molecule is CCN1CCN(C(C)CNC(=NC)N(C)Cc2ncc(-c3ccccc3)[nH]2)CC1. The van der Waals surface area contributed by atoms with Crippen molar-refractivity contribution in [3.8, 4) is 11.3 Å². The Labute approximate surface area is 174 Å². The number of likely N-dealkylation sites (N-methyl/N-ethyl adjacent to an activating group) is 1. The van der Waals surface area contributed by atoms with E-state index in [1.54, 1.807) is 0 Å². The molecule has 7 nitrogen and oxygen atoms in total. The highest BCUT2D eigenvalue weighted by molar-refractivity contribution is 5.79. The normalized spacial score (nSPS) is 17.3. The van der Waals surface area contributed by atoms with E-state index in [2.05, 4.69) is 61.0 Å². The molecule has 1 saturated heterocycles. The topological polar surface area (TPSA) is 62.8 Å². The molecule has 1 unspecified atom stereocenters. The van der Waals surface area contributed by atoms with Crippen LogP contribution in [0.5, 0.6) is 0 Å². The van der Waals surface area contributed by atoms with Crippen LogP contribution >= 0.6 is 0 Å². The molecule has 0 aliphatic carbocycles. The van der Waals surface area contributed by atoms with E-state index < -0.39 is 0 Å². The van der Waals surface area contributed by atoms with E-state index in [-0.39, 0.29) is 0 Å². The maximum absolute atomic E-state index is 4.54. The molecule has 0 radical (unpaired) electrons. The van der Waals surface area contributed by atoms with Gasteiger partial charge in [-0.1, -0.05) is 37.3 Å². The summed E-state index contributed by atoms with van der Waals surface area (Å²) in [4.78, 5) is 19.6. The van der Waals surface area contributed by atoms with Crippen LogP contribution in [-0.4, -0.2) is 90.0 Å². The van der Waals surface area contributed by atoms with Crippen molar-refractivity contribution in [3.63, 3.8) is 0 Å². The van der Waals surface area contributed by atoms with E-state index in [9.17, 15) is 0 Å². The van der Waals surface area contributed by atoms with E-state index >= 15 is 0 Å². The number of nitrogens with one attached hydrogen (secondary N) is 2. The molecule has 3 rings (SSSR count). The van der Waals surface area contributed by atoms with Crippen molar-refractivity contribution in [3.05, 3.63) is 42.4 Å². The maximum atomic E-state index is 4.54. The number of H-pyrrole nitrogens is 1. The lowest BCUT2D eigenvalue weighted by Crippen LogP contribution is -2.53. The fourth-order valence-electron chi connectivity index (χ4n) is 3.78. The van der Waals surface area contributed by atoms with Crippen molar-refractivity contribution in [2.75, 3.05) is 53.4 Å². The summed E-state index contributed by atoms with van der Waals surface area (Å²) in [7, 11) is 3.88. The number of hydrogen-bond donors (Lipinski definition) is 2. The van der Waals surface area contributed by atoms with E-state index in [1.807, 2.05) is 38.5 Å². The lowest BCUT2D eigenvalue weighted by Gasteiger charge is -2.38. The van der Waals surface area contributed by atoms with Crippen LogP contribution in [0.25, 0.3) is 11.3 Å². The fourth-order valence-corrected chi connectivity index (χ4v) is 3.78. The van der Waals surface area contributed by atoms with Gasteiger partial charge in [0, 0.05) is 52.9 Å². The second-order valence-corrected chi connectivity index (χ2v) is 7.71. The quantitative estimate of drug-likeness (QED) is 0.553. The molecule has 2 N–H and O–H groups in total. The van der Waals surface area contributed by atoms with Gasteiger partial charge in [-0.15, -0.1) is 0 Å². The summed E-state index contributed by atoms with van der Waals surface area (Å²) in [6.45, 7) is 11.8. The summed E-state index contributed by atoms with van der Waals surface area (Å²) >= 11 is 0. The zero-order valence-electron chi connectivity index (χ0n) is 18.2. The minimum Gasteiger partial charge on any atom is -0.355 e. The van der Waals surface area contributed by atoms with Gasteiger partial charge in [0.05, 0.1) is 18.4 Å². The highest BCUT2D eigenvalue weighted by atomic mass is 15.3. The molecule has 0 bridgehead atoms. The third-order valence-corrected chi connectivity index (χ3v) is 5.71. The molecular formula is C22H35N7. The molecule has 1 aliphatic rings. The van der Waals surface area contributed by atoms with Gasteiger partial charge in [0.25, 0.3) is 0 Å². The predicted octanol–water partition coefficient (Wildman–Crippen LogP) is 2.11. The zero-order valence-corrected chi connectivity index (χ0v) is 18.2. The number of aromatic nitrogens is 2. The van der Waals surface area contributed by atoms with Crippen LogP contribution in [0.15, 0.2) is 41.5 Å². The van der Waals surface area contributed by atoms with Crippen molar-refractivity contribution >= 4 is 5.96 Å². The predicted molar refractivity (Wildman–Crippen MR) is 120 cm³/mol. The average Bonchev–Trinajstić information content (AvgIpc) is 3.23. The first-order valence-corrected chi connectivity index (χ1v) is 10.6. The van der Waals surface area contributed by atoms with Crippen molar-refractivity contribution in [2.24, 2.45) is 4.99 Å². The Balaban J connectivity index is 1.49. The van der Waals surface area contributed by atoms with Crippen molar-refractivity contribution in [2.45, 2.75) is 26.4 Å². The Hall–Kier alpha value is -2.38. The average molecular weight is 398 g/mol. The largest absolute Gasteiger partial charge is 0.355 e. The number of rotatable bonds is 7. The molecule has 1 fully saturated rings. The van der Waals surface area contributed by atoms with Gasteiger partial charge >= 0.3 is 0 Å². The number of imidazole rings is 1. The van der Waals surface area contributed by atoms with Crippen LogP contribution in [-0.2, 0) is 6.54 Å². The van der Waals surface area contributed by atoms with Gasteiger partial charge in [-0.05, 0) is 19.0 Å². The number of aliphatic imine (C=N–C) groups is 1. The Morgan fingerprint density at radius 2 is 1.97 bits per heavy atom. The lowest BCUT2D eigenvalue weighted by atomic mass is 10.2. The van der Waals surface area contributed by atoms with E-state index in [1.165, 1.54) is 0 Å². The van der Waals surface area contributed by atoms with Crippen LogP contribution in [0.3, 0.4) is 0 Å². The van der Waals surface area contributed by atoms with Crippen molar-refractivity contribution in [1.82, 2.24) is 30.0 Å². The molecule has 2 aromatic rings. The summed E-state index contributed by atoms with van der Waals surface area (Å²) < 4.78 is 0. The molecule has 1 atom stereocenters. The Kier molecular flexibility index (Phi) is 7.66. The molecule has 1 aromatic heterocycles. The van der Waals surface area contributed by atoms with Crippen LogP contribution in [0.2, 0.25) is 0 Å². The Morgan fingerprint density at radius 3 is 2.62 bits per heavy atom. The molecule has 29 heavy (non-hydrogen) atoms. The first kappa shape index (κ1) is 21.3. The minimum atomic E-state index is 0.479. The van der Waals surface area contributed by atoms with Gasteiger partial charge in [-0.25, -0.2) is 4.98 Å². The van der Waals surface area contributed by atoms with Gasteiger partial charge in [-0.3, -0.25) is 9.89 Å². The molecule has 158 valence electrons. The van der Waals surface area contributed by atoms with Crippen molar-refractivity contribution in [1.29, 1.82) is 0 Å². The lowest BCUT2D eigenvalue weighted by molar-refractivity contribution is 0.107. The molecular weight excluding hydrogens is 362 g/mol. The monoisotopic (exact) mass is 397 g/mol. The molecule has 0 saturated carbocycles. The summed E-state index contributed by atoms with van der Waals surface area (Å²) in [5.74, 6) is 1.82. The smallest absolute Gasteiger partial charge is 0.193 e. The summed E-state index contributed by atoms with van der Waals surface area (Å²) in [6.07, 6.45) is 1.90. The van der Waals surface area contributed by atoms with Gasteiger partial charge < -0.3 is 20.1 Å². The molecule has 0 amide bonds. The van der Waals surface area contributed by atoms with Gasteiger partial charge in [0.2, 0.25) is 0 Å². The molecule has 1 aliphatic heterocycles. The fraction of sp³-hybridized carbons (Fsp3) is 0.545. The third kappa shape index (κ3) is 5.81. The first-order chi connectivity index (χ1) is 14.1. The molecule has 1 aromatic carbocycles. The first-order valence-electron chi connectivity index (χ1n) is 10.6. The van der Waals surface area contributed by atoms with Gasteiger partial charge in [0.15, 0.2) is 5.96 Å². The van der Waals surface area contributed by atoms with E-state index in [0.29, 0.717) is 12.6 Å². The standard InChI is InChI=1S/C22H35N7/c1-5-28-11-13-29(14-12-28)18(2)15-25-22(23-3)27(4)17-21-24-16-20(26-21)19-9-7-6-8-10-19/h6-10,16,18H,5,11-15,17H2,1-4H3,(H,23,25)(H,24,26). The summed E-state index contributed by atoms with van der Waals surface area (Å²) in [5, 5.41) is 3.53. The Bertz CT molecular complexity index is 762. The zero-order chi connectivity index (χ0) is 20.6. The van der Waals surface area contributed by atoms with Crippen LogP contribution in [0.4, 0.5) is 0 Å². The number of guanidine groups is 1. The molecule has 0 spiro atoms. The third-order valence-electron chi connectivity index (χ3n) is 5.71. The molecule has 7 heteroatoms. The molecule has 2 heterocycles. The second kappa shape index (κ2) is 10.4. The van der Waals surface area contributed by atoms with Gasteiger partial charge in [0.1, 0.15) is 5.82 Å². The second-order valence-electron chi connectivity index (χ2n) is 7.71. The maximum Gasteiger partial charge on any atom is 0.193 e. The Morgan fingerprint density at radius 1 is 1.24 bits per heavy atom.